The average Bonchev–Trinajstić information content (AvgIpc) is 2.10. The molecule has 0 heterocycles. The first-order valence-electron chi connectivity index (χ1n) is 4.86. The first-order chi connectivity index (χ1) is 6.68. The van der Waals surface area contributed by atoms with Gasteiger partial charge in [0.2, 0.25) is 0 Å². The van der Waals surface area contributed by atoms with Crippen LogP contribution in [0.4, 0.5) is 0 Å². The van der Waals surface area contributed by atoms with E-state index in [0.29, 0.717) is 0 Å². The molecule has 0 spiro atoms. The van der Waals surface area contributed by atoms with E-state index in [1.807, 2.05) is 0 Å². The molecule has 2 heteroatoms. The van der Waals surface area contributed by atoms with Crippen molar-refractivity contribution in [2.75, 3.05) is 0 Å². The Balaban J connectivity index is 2.42. The SMILES string of the molecule is Cc1ccc(C2(C#N)CCC2)cc1Br. The number of nitrogens with zero attached hydrogens (tertiary/aromatic N) is 1. The largest absolute Gasteiger partial charge is 0.197 e. The highest BCUT2D eigenvalue weighted by atomic mass is 79.9. The van der Waals surface area contributed by atoms with E-state index in [0.717, 1.165) is 17.3 Å². The third kappa shape index (κ3) is 1.36. The monoisotopic (exact) mass is 249 g/mol. The standard InChI is InChI=1S/C12H12BrN/c1-9-3-4-10(7-11(9)13)12(8-14)5-2-6-12/h3-4,7H,2,5-6H2,1H3. The molecule has 2 rings (SSSR count). The zero-order valence-corrected chi connectivity index (χ0v) is 9.76. The summed E-state index contributed by atoms with van der Waals surface area (Å²) in [7, 11) is 0. The van der Waals surface area contributed by atoms with E-state index >= 15 is 0 Å². The minimum absolute atomic E-state index is 0.184. The Labute approximate surface area is 92.9 Å². The fourth-order valence-electron chi connectivity index (χ4n) is 1.89. The lowest BCUT2D eigenvalue weighted by atomic mass is 9.65. The van der Waals surface area contributed by atoms with Gasteiger partial charge in [0.05, 0.1) is 11.5 Å². The second-order valence-corrected chi connectivity index (χ2v) is 4.87. The Hall–Kier alpha value is -0.810. The quantitative estimate of drug-likeness (QED) is 0.745. The Morgan fingerprint density at radius 2 is 2.14 bits per heavy atom. The maximum atomic E-state index is 9.18. The molecule has 0 radical (unpaired) electrons. The van der Waals surface area contributed by atoms with Crippen molar-refractivity contribution in [3.05, 3.63) is 33.8 Å². The van der Waals surface area contributed by atoms with Crippen LogP contribution in [0.5, 0.6) is 0 Å². The van der Waals surface area contributed by atoms with Crippen LogP contribution in [-0.4, -0.2) is 0 Å². The zero-order valence-electron chi connectivity index (χ0n) is 8.18. The van der Waals surface area contributed by atoms with Gasteiger partial charge in [0.15, 0.2) is 0 Å². The van der Waals surface area contributed by atoms with Crippen LogP contribution in [0, 0.1) is 18.3 Å². The molecule has 1 saturated carbocycles. The molecule has 1 aromatic carbocycles. The molecule has 1 fully saturated rings. The van der Waals surface area contributed by atoms with Gasteiger partial charge in [-0.15, -0.1) is 0 Å². The molecule has 0 amide bonds. The van der Waals surface area contributed by atoms with E-state index in [1.54, 1.807) is 0 Å². The van der Waals surface area contributed by atoms with Crippen LogP contribution in [-0.2, 0) is 5.41 Å². The van der Waals surface area contributed by atoms with Crippen molar-refractivity contribution in [3.8, 4) is 6.07 Å². The smallest absolute Gasteiger partial charge is 0.0822 e. The van der Waals surface area contributed by atoms with Crippen LogP contribution in [0.25, 0.3) is 0 Å². The lowest BCUT2D eigenvalue weighted by molar-refractivity contribution is 0.324. The number of nitriles is 1. The molecule has 14 heavy (non-hydrogen) atoms. The van der Waals surface area contributed by atoms with E-state index in [9.17, 15) is 5.26 Å². The molecule has 0 bridgehead atoms. The van der Waals surface area contributed by atoms with Crippen molar-refractivity contribution < 1.29 is 0 Å². The summed E-state index contributed by atoms with van der Waals surface area (Å²) in [5.41, 5.74) is 2.21. The van der Waals surface area contributed by atoms with Gasteiger partial charge in [-0.05, 0) is 43.4 Å². The number of hydrogen-bond acceptors (Lipinski definition) is 1. The van der Waals surface area contributed by atoms with Crippen molar-refractivity contribution in [2.24, 2.45) is 0 Å². The van der Waals surface area contributed by atoms with Gasteiger partial charge in [0.1, 0.15) is 0 Å². The fourth-order valence-corrected chi connectivity index (χ4v) is 2.26. The molecule has 1 nitrogen and oxygen atoms in total. The van der Waals surface area contributed by atoms with Crippen LogP contribution in [0.15, 0.2) is 22.7 Å². The molecule has 1 aromatic rings. The van der Waals surface area contributed by atoms with Gasteiger partial charge >= 0.3 is 0 Å². The molecule has 0 aliphatic heterocycles. The van der Waals surface area contributed by atoms with Crippen molar-refractivity contribution in [3.63, 3.8) is 0 Å². The Morgan fingerprint density at radius 1 is 1.43 bits per heavy atom. The molecule has 0 saturated heterocycles. The summed E-state index contributed by atoms with van der Waals surface area (Å²) in [6, 6.07) is 8.72. The topological polar surface area (TPSA) is 23.8 Å². The van der Waals surface area contributed by atoms with Gasteiger partial charge in [0, 0.05) is 4.47 Å². The fraction of sp³-hybridized carbons (Fsp3) is 0.417. The van der Waals surface area contributed by atoms with Gasteiger partial charge in [-0.3, -0.25) is 0 Å². The predicted octanol–water partition coefficient (Wildman–Crippen LogP) is 3.70. The van der Waals surface area contributed by atoms with Crippen LogP contribution in [0.1, 0.15) is 30.4 Å². The summed E-state index contributed by atoms with van der Waals surface area (Å²) in [4.78, 5) is 0. The number of rotatable bonds is 1. The van der Waals surface area contributed by atoms with Gasteiger partial charge in [0.25, 0.3) is 0 Å². The predicted molar refractivity (Wildman–Crippen MR) is 60.0 cm³/mol. The normalized spacial score (nSPS) is 18.4. The van der Waals surface area contributed by atoms with Crippen molar-refractivity contribution >= 4 is 15.9 Å². The van der Waals surface area contributed by atoms with E-state index < -0.39 is 0 Å². The molecular formula is C12H12BrN. The Morgan fingerprint density at radius 3 is 2.57 bits per heavy atom. The van der Waals surface area contributed by atoms with Gasteiger partial charge in [-0.25, -0.2) is 0 Å². The van der Waals surface area contributed by atoms with Gasteiger partial charge in [-0.1, -0.05) is 28.1 Å². The van der Waals surface area contributed by atoms with E-state index in [1.165, 1.54) is 17.5 Å². The van der Waals surface area contributed by atoms with Crippen LogP contribution in [0.3, 0.4) is 0 Å². The van der Waals surface area contributed by atoms with Crippen LogP contribution < -0.4 is 0 Å². The first kappa shape index (κ1) is 9.73. The highest BCUT2D eigenvalue weighted by Gasteiger charge is 2.38. The van der Waals surface area contributed by atoms with Crippen LogP contribution >= 0.6 is 15.9 Å². The summed E-state index contributed by atoms with van der Waals surface area (Å²) in [6.45, 7) is 2.06. The lowest BCUT2D eigenvalue weighted by Gasteiger charge is -2.35. The number of aryl methyl sites for hydroxylation is 1. The lowest BCUT2D eigenvalue weighted by Crippen LogP contribution is -2.32. The highest BCUT2D eigenvalue weighted by Crippen LogP contribution is 2.43. The van der Waals surface area contributed by atoms with Crippen molar-refractivity contribution in [1.29, 1.82) is 5.26 Å². The summed E-state index contributed by atoms with van der Waals surface area (Å²) < 4.78 is 1.11. The summed E-state index contributed by atoms with van der Waals surface area (Å²) in [5.74, 6) is 0. The maximum Gasteiger partial charge on any atom is 0.0822 e. The first-order valence-corrected chi connectivity index (χ1v) is 5.65. The van der Waals surface area contributed by atoms with Crippen molar-refractivity contribution in [2.45, 2.75) is 31.6 Å². The van der Waals surface area contributed by atoms with E-state index in [4.69, 9.17) is 0 Å². The van der Waals surface area contributed by atoms with E-state index in [-0.39, 0.29) is 5.41 Å². The molecule has 0 unspecified atom stereocenters. The maximum absolute atomic E-state index is 9.18. The average molecular weight is 250 g/mol. The van der Waals surface area contributed by atoms with E-state index in [2.05, 4.69) is 47.1 Å². The van der Waals surface area contributed by atoms with Crippen LogP contribution in [0.2, 0.25) is 0 Å². The highest BCUT2D eigenvalue weighted by molar-refractivity contribution is 9.10. The molecule has 0 aromatic heterocycles. The molecule has 1 aliphatic rings. The minimum atomic E-state index is -0.184. The Kier molecular flexibility index (Phi) is 2.36. The molecular weight excluding hydrogens is 238 g/mol. The number of halogens is 1. The van der Waals surface area contributed by atoms with Gasteiger partial charge < -0.3 is 0 Å². The minimum Gasteiger partial charge on any atom is -0.197 e. The summed E-state index contributed by atoms with van der Waals surface area (Å²) in [5, 5.41) is 9.18. The second-order valence-electron chi connectivity index (χ2n) is 4.01. The zero-order chi connectivity index (χ0) is 10.2. The summed E-state index contributed by atoms with van der Waals surface area (Å²) in [6.07, 6.45) is 3.21. The molecule has 0 atom stereocenters. The second kappa shape index (κ2) is 3.40. The summed E-state index contributed by atoms with van der Waals surface area (Å²) >= 11 is 3.51. The third-order valence-corrected chi connectivity index (χ3v) is 4.00. The molecule has 0 N–H and O–H groups in total. The van der Waals surface area contributed by atoms with Gasteiger partial charge in [-0.2, -0.15) is 5.26 Å². The molecule has 1 aliphatic carbocycles. The van der Waals surface area contributed by atoms with Crippen molar-refractivity contribution in [1.82, 2.24) is 0 Å². The number of benzene rings is 1. The Bertz CT molecular complexity index is 399. The number of hydrogen-bond donors (Lipinski definition) is 0. The third-order valence-electron chi connectivity index (χ3n) is 3.15. The molecule has 72 valence electrons.